The molecule has 1 aliphatic carbocycles. The number of hydrogen-bond acceptors (Lipinski definition) is 2. The molecule has 4 heteroatoms. The third kappa shape index (κ3) is 2.68. The van der Waals surface area contributed by atoms with Gasteiger partial charge in [-0.25, -0.2) is 0 Å². The molecular weight excluding hydrogens is 258 g/mol. The molecule has 0 aliphatic heterocycles. The summed E-state index contributed by atoms with van der Waals surface area (Å²) in [6.45, 7) is 6.68. The van der Waals surface area contributed by atoms with Crippen LogP contribution >= 0.6 is 11.6 Å². The summed E-state index contributed by atoms with van der Waals surface area (Å²) in [5.74, 6) is 1.22. The molecule has 0 bridgehead atoms. The molecule has 0 spiro atoms. The van der Waals surface area contributed by atoms with Crippen LogP contribution in [0.1, 0.15) is 51.4 Å². The maximum atomic E-state index is 6.71. The Bertz CT molecular complexity index is 454. The maximum absolute atomic E-state index is 6.71. The number of aromatic nitrogens is 2. The smallest absolute Gasteiger partial charge is 0.0850 e. The van der Waals surface area contributed by atoms with Gasteiger partial charge in [-0.2, -0.15) is 5.10 Å². The zero-order chi connectivity index (χ0) is 14.2. The summed E-state index contributed by atoms with van der Waals surface area (Å²) in [6.07, 6.45) is 5.30. The quantitative estimate of drug-likeness (QED) is 0.925. The summed E-state index contributed by atoms with van der Waals surface area (Å²) in [4.78, 5) is 0. The van der Waals surface area contributed by atoms with Crippen molar-refractivity contribution < 1.29 is 0 Å². The number of nitrogens with zero attached hydrogens (tertiary/aromatic N) is 2. The SMILES string of the molecule is CCc1nn(C)c(CC2(N)CCCC(C)C2C)c1Cl. The van der Waals surface area contributed by atoms with E-state index >= 15 is 0 Å². The van der Waals surface area contributed by atoms with Crippen molar-refractivity contribution in [2.45, 2.75) is 58.4 Å². The molecule has 19 heavy (non-hydrogen) atoms. The first-order chi connectivity index (χ1) is 8.89. The Morgan fingerprint density at radius 2 is 2.16 bits per heavy atom. The lowest BCUT2D eigenvalue weighted by molar-refractivity contribution is 0.141. The molecule has 1 aliphatic rings. The predicted molar refractivity (Wildman–Crippen MR) is 80.4 cm³/mol. The Morgan fingerprint density at radius 3 is 2.74 bits per heavy atom. The van der Waals surface area contributed by atoms with E-state index in [2.05, 4.69) is 25.9 Å². The van der Waals surface area contributed by atoms with Crippen LogP contribution in [-0.2, 0) is 19.9 Å². The fraction of sp³-hybridized carbons (Fsp3) is 0.800. The summed E-state index contributed by atoms with van der Waals surface area (Å²) < 4.78 is 1.92. The van der Waals surface area contributed by atoms with Crippen LogP contribution in [0.2, 0.25) is 5.02 Å². The molecular formula is C15H26ClN3. The number of aryl methyl sites for hydroxylation is 2. The fourth-order valence-electron chi connectivity index (χ4n) is 3.37. The molecule has 1 aromatic heterocycles. The third-order valence-electron chi connectivity index (χ3n) is 5.06. The molecule has 2 N–H and O–H groups in total. The second-order valence-corrected chi connectivity index (χ2v) is 6.63. The van der Waals surface area contributed by atoms with E-state index in [0.29, 0.717) is 11.8 Å². The number of rotatable bonds is 3. The molecule has 1 aromatic rings. The van der Waals surface area contributed by atoms with Crippen LogP contribution in [0, 0.1) is 11.8 Å². The highest BCUT2D eigenvalue weighted by Gasteiger charge is 2.39. The monoisotopic (exact) mass is 283 g/mol. The normalized spacial score (nSPS) is 31.7. The summed E-state index contributed by atoms with van der Waals surface area (Å²) in [5, 5.41) is 5.32. The van der Waals surface area contributed by atoms with Crippen molar-refractivity contribution >= 4 is 11.6 Å². The van der Waals surface area contributed by atoms with E-state index in [1.54, 1.807) is 0 Å². The van der Waals surface area contributed by atoms with Gasteiger partial charge in [0.2, 0.25) is 0 Å². The molecule has 0 aromatic carbocycles. The molecule has 3 nitrogen and oxygen atoms in total. The predicted octanol–water partition coefficient (Wildman–Crippen LogP) is 3.33. The van der Waals surface area contributed by atoms with Gasteiger partial charge in [0, 0.05) is 19.0 Å². The van der Waals surface area contributed by atoms with Crippen LogP contribution in [0.25, 0.3) is 0 Å². The summed E-state index contributed by atoms with van der Waals surface area (Å²) >= 11 is 6.46. The van der Waals surface area contributed by atoms with Crippen molar-refractivity contribution in [1.29, 1.82) is 0 Å². The van der Waals surface area contributed by atoms with Gasteiger partial charge in [0.25, 0.3) is 0 Å². The zero-order valence-corrected chi connectivity index (χ0v) is 13.3. The first-order valence-electron chi connectivity index (χ1n) is 7.38. The lowest BCUT2D eigenvalue weighted by Gasteiger charge is -2.43. The van der Waals surface area contributed by atoms with Crippen molar-refractivity contribution in [3.63, 3.8) is 0 Å². The van der Waals surface area contributed by atoms with Crippen LogP contribution in [0.4, 0.5) is 0 Å². The molecule has 3 unspecified atom stereocenters. The second-order valence-electron chi connectivity index (χ2n) is 6.25. The van der Waals surface area contributed by atoms with Crippen LogP contribution < -0.4 is 5.73 Å². The van der Waals surface area contributed by atoms with Crippen LogP contribution in [0.3, 0.4) is 0 Å². The fourth-order valence-corrected chi connectivity index (χ4v) is 3.73. The molecule has 3 atom stereocenters. The third-order valence-corrected chi connectivity index (χ3v) is 5.50. The van der Waals surface area contributed by atoms with Gasteiger partial charge >= 0.3 is 0 Å². The van der Waals surface area contributed by atoms with Crippen molar-refractivity contribution in [3.05, 3.63) is 16.4 Å². The Labute approximate surface area is 121 Å². The molecule has 1 heterocycles. The first-order valence-corrected chi connectivity index (χ1v) is 7.76. The van der Waals surface area contributed by atoms with Gasteiger partial charge in [-0.3, -0.25) is 4.68 Å². The minimum absolute atomic E-state index is 0.139. The van der Waals surface area contributed by atoms with Gasteiger partial charge in [-0.15, -0.1) is 0 Å². The molecule has 108 valence electrons. The van der Waals surface area contributed by atoms with Crippen molar-refractivity contribution in [2.75, 3.05) is 0 Å². The first kappa shape index (κ1) is 14.9. The highest BCUT2D eigenvalue weighted by atomic mass is 35.5. The summed E-state index contributed by atoms with van der Waals surface area (Å²) in [7, 11) is 1.97. The maximum Gasteiger partial charge on any atom is 0.0850 e. The van der Waals surface area contributed by atoms with Crippen LogP contribution in [-0.4, -0.2) is 15.3 Å². The van der Waals surface area contributed by atoms with Crippen LogP contribution in [0.5, 0.6) is 0 Å². The van der Waals surface area contributed by atoms with Crippen molar-refractivity contribution in [3.8, 4) is 0 Å². The van der Waals surface area contributed by atoms with E-state index in [1.807, 2.05) is 11.7 Å². The molecule has 2 rings (SSSR count). The average molecular weight is 284 g/mol. The highest BCUT2D eigenvalue weighted by molar-refractivity contribution is 6.31. The van der Waals surface area contributed by atoms with Gasteiger partial charge in [-0.1, -0.05) is 45.2 Å². The lowest BCUT2D eigenvalue weighted by atomic mass is 9.67. The summed E-state index contributed by atoms with van der Waals surface area (Å²) in [6, 6.07) is 0. The van der Waals surface area contributed by atoms with Gasteiger partial charge in [0.05, 0.1) is 16.4 Å². The van der Waals surface area contributed by atoms with Crippen LogP contribution in [0.15, 0.2) is 0 Å². The molecule has 0 amide bonds. The van der Waals surface area contributed by atoms with Gasteiger partial charge < -0.3 is 5.73 Å². The second kappa shape index (κ2) is 5.45. The number of halogens is 1. The highest BCUT2D eigenvalue weighted by Crippen LogP contribution is 2.39. The topological polar surface area (TPSA) is 43.8 Å². The zero-order valence-electron chi connectivity index (χ0n) is 12.5. The Hall–Kier alpha value is -0.540. The Morgan fingerprint density at radius 1 is 1.47 bits per heavy atom. The standard InChI is InChI=1S/C15H26ClN3/c1-5-12-14(16)13(19(4)18-12)9-15(17)8-6-7-10(2)11(15)3/h10-11H,5-9,17H2,1-4H3. The van der Waals surface area contributed by atoms with Gasteiger partial charge in [0.1, 0.15) is 0 Å². The van der Waals surface area contributed by atoms with E-state index < -0.39 is 0 Å². The Balaban J connectivity index is 2.27. The van der Waals surface area contributed by atoms with E-state index in [-0.39, 0.29) is 5.54 Å². The molecule has 1 fully saturated rings. The lowest BCUT2D eigenvalue weighted by Crippen LogP contribution is -2.52. The summed E-state index contributed by atoms with van der Waals surface area (Å²) in [5.41, 5.74) is 8.66. The van der Waals surface area contributed by atoms with E-state index in [0.717, 1.165) is 35.7 Å². The largest absolute Gasteiger partial charge is 0.324 e. The van der Waals surface area contributed by atoms with E-state index in [1.165, 1.54) is 12.8 Å². The molecule has 1 saturated carbocycles. The van der Waals surface area contributed by atoms with Crippen molar-refractivity contribution in [2.24, 2.45) is 24.6 Å². The molecule has 0 radical (unpaired) electrons. The van der Waals surface area contributed by atoms with E-state index in [4.69, 9.17) is 17.3 Å². The van der Waals surface area contributed by atoms with E-state index in [9.17, 15) is 0 Å². The number of nitrogens with two attached hydrogens (primary N) is 1. The average Bonchev–Trinajstić information content (AvgIpc) is 2.63. The van der Waals surface area contributed by atoms with Gasteiger partial charge in [-0.05, 0) is 24.7 Å². The molecule has 0 saturated heterocycles. The minimum Gasteiger partial charge on any atom is -0.324 e. The van der Waals surface area contributed by atoms with Gasteiger partial charge in [0.15, 0.2) is 0 Å². The van der Waals surface area contributed by atoms with Crippen molar-refractivity contribution in [1.82, 2.24) is 9.78 Å². The minimum atomic E-state index is -0.139. The number of hydrogen-bond donors (Lipinski definition) is 1. The Kier molecular flexibility index (Phi) is 4.26.